The standard InChI is InChI=1S/C10H7BrF3NO/c1-16-9-2-5-7(11)4-15-8(5)3-6(9)10(12,13)14/h2-4,15H,1H3. The topological polar surface area (TPSA) is 25.0 Å². The Morgan fingerprint density at radius 1 is 1.31 bits per heavy atom. The maximum atomic E-state index is 12.7. The highest BCUT2D eigenvalue weighted by Crippen LogP contribution is 2.39. The molecule has 0 saturated carbocycles. The maximum absolute atomic E-state index is 12.7. The number of hydrogen-bond donors (Lipinski definition) is 1. The molecular weight excluding hydrogens is 287 g/mol. The second-order valence-corrected chi connectivity index (χ2v) is 4.09. The Hall–Kier alpha value is -1.17. The fourth-order valence-electron chi connectivity index (χ4n) is 1.51. The second-order valence-electron chi connectivity index (χ2n) is 3.23. The van der Waals surface area contributed by atoms with E-state index >= 15 is 0 Å². The van der Waals surface area contributed by atoms with Crippen molar-refractivity contribution in [3.8, 4) is 5.75 Å². The normalized spacial score (nSPS) is 12.1. The van der Waals surface area contributed by atoms with E-state index in [1.165, 1.54) is 13.2 Å². The van der Waals surface area contributed by atoms with Crippen LogP contribution in [-0.4, -0.2) is 12.1 Å². The number of aromatic nitrogens is 1. The Morgan fingerprint density at radius 2 is 2.00 bits per heavy atom. The molecule has 1 N–H and O–H groups in total. The van der Waals surface area contributed by atoms with Gasteiger partial charge in [-0.1, -0.05) is 0 Å². The molecule has 0 atom stereocenters. The van der Waals surface area contributed by atoms with E-state index in [9.17, 15) is 13.2 Å². The van der Waals surface area contributed by atoms with Gasteiger partial charge in [0.05, 0.1) is 12.7 Å². The largest absolute Gasteiger partial charge is 0.496 e. The van der Waals surface area contributed by atoms with E-state index in [1.54, 1.807) is 6.20 Å². The predicted octanol–water partition coefficient (Wildman–Crippen LogP) is 3.96. The van der Waals surface area contributed by atoms with E-state index in [0.717, 1.165) is 6.07 Å². The summed E-state index contributed by atoms with van der Waals surface area (Å²) in [7, 11) is 1.22. The number of benzene rings is 1. The quantitative estimate of drug-likeness (QED) is 0.846. The average Bonchev–Trinajstić information content (AvgIpc) is 2.57. The monoisotopic (exact) mass is 293 g/mol. The molecule has 86 valence electrons. The number of rotatable bonds is 1. The lowest BCUT2D eigenvalue weighted by Gasteiger charge is -2.11. The Morgan fingerprint density at radius 3 is 2.56 bits per heavy atom. The van der Waals surface area contributed by atoms with Crippen LogP contribution in [-0.2, 0) is 6.18 Å². The van der Waals surface area contributed by atoms with E-state index in [2.05, 4.69) is 20.9 Å². The van der Waals surface area contributed by atoms with Gasteiger partial charge >= 0.3 is 6.18 Å². The van der Waals surface area contributed by atoms with Gasteiger partial charge in [-0.05, 0) is 28.1 Å². The van der Waals surface area contributed by atoms with Crippen molar-refractivity contribution in [1.29, 1.82) is 0 Å². The Bertz CT molecular complexity index is 533. The predicted molar refractivity (Wildman–Crippen MR) is 57.6 cm³/mol. The van der Waals surface area contributed by atoms with Crippen LogP contribution >= 0.6 is 15.9 Å². The van der Waals surface area contributed by atoms with Crippen LogP contribution in [0.1, 0.15) is 5.56 Å². The molecule has 2 aromatic rings. The summed E-state index contributed by atoms with van der Waals surface area (Å²) in [6.07, 6.45) is -2.83. The molecule has 0 bridgehead atoms. The third kappa shape index (κ3) is 1.77. The first-order valence-corrected chi connectivity index (χ1v) is 5.14. The smallest absolute Gasteiger partial charge is 0.420 e. The van der Waals surface area contributed by atoms with Gasteiger partial charge in [-0.25, -0.2) is 0 Å². The summed E-state index contributed by atoms with van der Waals surface area (Å²) in [6, 6.07) is 2.40. The van der Waals surface area contributed by atoms with Crippen molar-refractivity contribution < 1.29 is 17.9 Å². The lowest BCUT2D eigenvalue weighted by atomic mass is 10.1. The number of nitrogens with one attached hydrogen (secondary N) is 1. The van der Waals surface area contributed by atoms with Gasteiger partial charge in [0.25, 0.3) is 0 Å². The number of methoxy groups -OCH3 is 1. The fourth-order valence-corrected chi connectivity index (χ4v) is 1.95. The third-order valence-corrected chi connectivity index (χ3v) is 2.91. The van der Waals surface area contributed by atoms with Crippen LogP contribution in [0.4, 0.5) is 13.2 Å². The molecule has 0 radical (unpaired) electrons. The molecule has 16 heavy (non-hydrogen) atoms. The Kier molecular flexibility index (Phi) is 2.61. The van der Waals surface area contributed by atoms with Crippen LogP contribution < -0.4 is 4.74 Å². The first-order chi connectivity index (χ1) is 7.43. The zero-order valence-corrected chi connectivity index (χ0v) is 9.74. The van der Waals surface area contributed by atoms with Gasteiger partial charge in [-0.15, -0.1) is 0 Å². The van der Waals surface area contributed by atoms with Crippen molar-refractivity contribution in [2.75, 3.05) is 7.11 Å². The lowest BCUT2D eigenvalue weighted by Crippen LogP contribution is -2.07. The number of hydrogen-bond acceptors (Lipinski definition) is 1. The van der Waals surface area contributed by atoms with E-state index in [-0.39, 0.29) is 5.75 Å². The molecule has 0 unspecified atom stereocenters. The fraction of sp³-hybridized carbons (Fsp3) is 0.200. The molecule has 0 aliphatic carbocycles. The summed E-state index contributed by atoms with van der Waals surface area (Å²) in [5.41, 5.74) is -0.364. The van der Waals surface area contributed by atoms with Gasteiger partial charge in [0.15, 0.2) is 0 Å². The lowest BCUT2D eigenvalue weighted by molar-refractivity contribution is -0.138. The van der Waals surface area contributed by atoms with E-state index in [1.807, 2.05) is 0 Å². The minimum atomic E-state index is -4.42. The molecule has 0 saturated heterocycles. The number of halogens is 4. The van der Waals surface area contributed by atoms with Gasteiger partial charge in [-0.3, -0.25) is 0 Å². The average molecular weight is 294 g/mol. The van der Waals surface area contributed by atoms with E-state index < -0.39 is 11.7 Å². The maximum Gasteiger partial charge on any atom is 0.420 e. The van der Waals surface area contributed by atoms with Gasteiger partial charge in [0, 0.05) is 21.6 Å². The molecular formula is C10H7BrF3NO. The van der Waals surface area contributed by atoms with E-state index in [0.29, 0.717) is 15.4 Å². The van der Waals surface area contributed by atoms with Crippen LogP contribution in [0.3, 0.4) is 0 Å². The number of H-pyrrole nitrogens is 1. The molecule has 1 aromatic carbocycles. The minimum Gasteiger partial charge on any atom is -0.496 e. The minimum absolute atomic E-state index is 0.180. The Labute approximate surface area is 97.5 Å². The molecule has 2 nitrogen and oxygen atoms in total. The van der Waals surface area contributed by atoms with Crippen molar-refractivity contribution in [1.82, 2.24) is 4.98 Å². The molecule has 0 aliphatic rings. The van der Waals surface area contributed by atoms with Gasteiger partial charge in [0.2, 0.25) is 0 Å². The molecule has 0 aliphatic heterocycles. The first kappa shape index (κ1) is 11.3. The summed E-state index contributed by atoms with van der Waals surface area (Å²) in [5, 5.41) is 0.657. The highest BCUT2D eigenvalue weighted by molar-refractivity contribution is 9.10. The molecule has 2 rings (SSSR count). The molecule has 0 amide bonds. The summed E-state index contributed by atoms with van der Waals surface area (Å²) in [6.45, 7) is 0. The summed E-state index contributed by atoms with van der Waals surface area (Å²) >= 11 is 3.24. The number of fused-ring (bicyclic) bond motifs is 1. The Balaban J connectivity index is 2.74. The molecule has 0 fully saturated rings. The van der Waals surface area contributed by atoms with Crippen molar-refractivity contribution in [3.05, 3.63) is 28.4 Å². The van der Waals surface area contributed by atoms with Gasteiger partial charge < -0.3 is 9.72 Å². The van der Waals surface area contributed by atoms with Crippen LogP contribution in [0.25, 0.3) is 10.9 Å². The molecule has 0 spiro atoms. The van der Waals surface area contributed by atoms with Crippen LogP contribution in [0.5, 0.6) is 5.75 Å². The highest BCUT2D eigenvalue weighted by Gasteiger charge is 2.34. The summed E-state index contributed by atoms with van der Waals surface area (Å²) < 4.78 is 43.4. The van der Waals surface area contributed by atoms with E-state index in [4.69, 9.17) is 4.74 Å². The summed E-state index contributed by atoms with van der Waals surface area (Å²) in [5.74, 6) is -0.180. The molecule has 1 heterocycles. The second kappa shape index (κ2) is 3.69. The van der Waals surface area contributed by atoms with Crippen molar-refractivity contribution in [2.24, 2.45) is 0 Å². The van der Waals surface area contributed by atoms with Crippen LogP contribution in [0.2, 0.25) is 0 Å². The van der Waals surface area contributed by atoms with Crippen molar-refractivity contribution in [2.45, 2.75) is 6.18 Å². The number of ether oxygens (including phenoxy) is 1. The first-order valence-electron chi connectivity index (χ1n) is 4.35. The zero-order chi connectivity index (χ0) is 11.9. The zero-order valence-electron chi connectivity index (χ0n) is 8.15. The third-order valence-electron chi connectivity index (χ3n) is 2.26. The SMILES string of the molecule is COc1cc2c(Br)c[nH]c2cc1C(F)(F)F. The molecule has 1 aromatic heterocycles. The molecule has 6 heteroatoms. The highest BCUT2D eigenvalue weighted by atomic mass is 79.9. The summed E-state index contributed by atoms with van der Waals surface area (Å²) in [4.78, 5) is 2.75. The number of alkyl halides is 3. The number of aromatic amines is 1. The van der Waals surface area contributed by atoms with Gasteiger partial charge in [0.1, 0.15) is 5.75 Å². The van der Waals surface area contributed by atoms with Crippen molar-refractivity contribution >= 4 is 26.8 Å². The van der Waals surface area contributed by atoms with Crippen LogP contribution in [0, 0.1) is 0 Å². The van der Waals surface area contributed by atoms with Crippen LogP contribution in [0.15, 0.2) is 22.8 Å². The van der Waals surface area contributed by atoms with Crippen molar-refractivity contribution in [3.63, 3.8) is 0 Å². The van der Waals surface area contributed by atoms with Gasteiger partial charge in [-0.2, -0.15) is 13.2 Å².